The van der Waals surface area contributed by atoms with E-state index in [4.69, 9.17) is 0 Å². The molecule has 0 radical (unpaired) electrons. The normalized spacial score (nSPS) is 18.1. The summed E-state index contributed by atoms with van der Waals surface area (Å²) in [5, 5.41) is 11.2. The number of nitro groups is 1. The number of hydrogen-bond acceptors (Lipinski definition) is 4. The summed E-state index contributed by atoms with van der Waals surface area (Å²) in [6.45, 7) is 5.97. The molecule has 0 spiro atoms. The van der Waals surface area contributed by atoms with E-state index in [0.29, 0.717) is 17.5 Å². The lowest BCUT2D eigenvalue weighted by molar-refractivity contribution is -0.384. The molecule has 2 rings (SSSR count). The second kappa shape index (κ2) is 4.99. The highest BCUT2D eigenvalue weighted by molar-refractivity contribution is 5.79. The molecule has 19 heavy (non-hydrogen) atoms. The van der Waals surface area contributed by atoms with Crippen molar-refractivity contribution in [2.45, 2.75) is 26.7 Å². The van der Waals surface area contributed by atoms with Crippen LogP contribution in [0.15, 0.2) is 18.2 Å². The van der Waals surface area contributed by atoms with Gasteiger partial charge in [0.25, 0.3) is 5.69 Å². The highest BCUT2D eigenvalue weighted by Gasteiger charge is 2.29. The Morgan fingerprint density at radius 2 is 2.16 bits per heavy atom. The summed E-state index contributed by atoms with van der Waals surface area (Å²) in [7, 11) is 0. The second-order valence-electron chi connectivity index (χ2n) is 5.81. The minimum absolute atomic E-state index is 0.0160. The molecule has 0 atom stereocenters. The number of aldehydes is 1. The Morgan fingerprint density at radius 1 is 1.42 bits per heavy atom. The fraction of sp³-hybridized carbons (Fsp3) is 0.500. The van der Waals surface area contributed by atoms with Crippen LogP contribution in [-0.4, -0.2) is 24.3 Å². The number of anilines is 1. The molecule has 1 aliphatic heterocycles. The molecule has 0 aromatic heterocycles. The molecule has 0 N–H and O–H groups in total. The van der Waals surface area contributed by atoms with Gasteiger partial charge in [-0.2, -0.15) is 0 Å². The van der Waals surface area contributed by atoms with Crippen molar-refractivity contribution in [1.29, 1.82) is 0 Å². The number of hydrogen-bond donors (Lipinski definition) is 0. The van der Waals surface area contributed by atoms with E-state index in [1.165, 1.54) is 6.07 Å². The maximum atomic E-state index is 11.2. The van der Waals surface area contributed by atoms with Crippen LogP contribution in [0.3, 0.4) is 0 Å². The van der Waals surface area contributed by atoms with Crippen molar-refractivity contribution in [3.05, 3.63) is 33.9 Å². The first-order chi connectivity index (χ1) is 8.93. The first-order valence-electron chi connectivity index (χ1n) is 6.41. The van der Waals surface area contributed by atoms with Crippen LogP contribution in [0.5, 0.6) is 0 Å². The molecule has 1 heterocycles. The van der Waals surface area contributed by atoms with E-state index in [-0.39, 0.29) is 11.1 Å². The molecule has 0 saturated carbocycles. The van der Waals surface area contributed by atoms with Gasteiger partial charge in [0.2, 0.25) is 0 Å². The predicted molar refractivity (Wildman–Crippen MR) is 73.7 cm³/mol. The second-order valence-corrected chi connectivity index (χ2v) is 5.81. The van der Waals surface area contributed by atoms with E-state index in [9.17, 15) is 14.9 Å². The minimum Gasteiger partial charge on any atom is -0.365 e. The zero-order valence-electron chi connectivity index (χ0n) is 11.3. The van der Waals surface area contributed by atoms with Crippen LogP contribution in [0.2, 0.25) is 0 Å². The number of rotatable bonds is 3. The summed E-state index contributed by atoms with van der Waals surface area (Å²) in [5.74, 6) is 0. The van der Waals surface area contributed by atoms with E-state index in [2.05, 4.69) is 18.7 Å². The standard InChI is InChI=1S/C14H18N2O3/c1-14(2)6-3-7-15(10-14)12-5-4-11(9-17)8-13(12)16(18)19/h4-5,8-9H,3,6-7,10H2,1-2H3. The van der Waals surface area contributed by atoms with E-state index in [1.54, 1.807) is 12.1 Å². The third-order valence-corrected chi connectivity index (χ3v) is 3.57. The lowest BCUT2D eigenvalue weighted by Crippen LogP contribution is -2.40. The maximum Gasteiger partial charge on any atom is 0.293 e. The molecule has 102 valence electrons. The third kappa shape index (κ3) is 2.92. The molecule has 1 aliphatic rings. The van der Waals surface area contributed by atoms with Crippen molar-refractivity contribution in [3.63, 3.8) is 0 Å². The van der Waals surface area contributed by atoms with E-state index in [0.717, 1.165) is 25.9 Å². The Balaban J connectivity index is 2.38. The number of piperidine rings is 1. The summed E-state index contributed by atoms with van der Waals surface area (Å²) >= 11 is 0. The Morgan fingerprint density at radius 3 is 2.74 bits per heavy atom. The molecular formula is C14H18N2O3. The number of carbonyl (C=O) groups is 1. The van der Waals surface area contributed by atoms with Gasteiger partial charge in [-0.15, -0.1) is 0 Å². The molecule has 0 bridgehead atoms. The molecule has 1 fully saturated rings. The molecule has 5 heteroatoms. The number of carbonyl (C=O) groups excluding carboxylic acids is 1. The van der Waals surface area contributed by atoms with Crippen molar-refractivity contribution in [2.75, 3.05) is 18.0 Å². The van der Waals surface area contributed by atoms with E-state index < -0.39 is 4.92 Å². The summed E-state index contributed by atoms with van der Waals surface area (Å²) in [6, 6.07) is 4.67. The summed E-state index contributed by atoms with van der Waals surface area (Å²) in [4.78, 5) is 23.5. The van der Waals surface area contributed by atoms with Crippen molar-refractivity contribution in [1.82, 2.24) is 0 Å². The van der Waals surface area contributed by atoms with Gasteiger partial charge in [-0.25, -0.2) is 0 Å². The molecule has 1 aromatic rings. The number of nitro benzene ring substituents is 1. The van der Waals surface area contributed by atoms with Gasteiger partial charge in [0.1, 0.15) is 12.0 Å². The van der Waals surface area contributed by atoms with Crippen molar-refractivity contribution in [3.8, 4) is 0 Å². The highest BCUT2D eigenvalue weighted by atomic mass is 16.6. The molecule has 0 aliphatic carbocycles. The van der Waals surface area contributed by atoms with Gasteiger partial charge in [0, 0.05) is 24.7 Å². The lowest BCUT2D eigenvalue weighted by atomic mass is 9.84. The number of benzene rings is 1. The topological polar surface area (TPSA) is 63.5 Å². The number of nitrogens with zero attached hydrogens (tertiary/aromatic N) is 2. The van der Waals surface area contributed by atoms with Crippen LogP contribution in [0, 0.1) is 15.5 Å². The third-order valence-electron chi connectivity index (χ3n) is 3.57. The molecule has 0 amide bonds. The van der Waals surface area contributed by atoms with Crippen LogP contribution >= 0.6 is 0 Å². The lowest BCUT2D eigenvalue weighted by Gasteiger charge is -2.39. The summed E-state index contributed by atoms with van der Waals surface area (Å²) < 4.78 is 0. The molecule has 1 aromatic carbocycles. The van der Waals surface area contributed by atoms with Gasteiger partial charge in [0.05, 0.1) is 4.92 Å². The first kappa shape index (κ1) is 13.5. The molecular weight excluding hydrogens is 244 g/mol. The maximum absolute atomic E-state index is 11.2. The Labute approximate surface area is 112 Å². The zero-order valence-corrected chi connectivity index (χ0v) is 11.3. The highest BCUT2D eigenvalue weighted by Crippen LogP contribution is 2.36. The smallest absolute Gasteiger partial charge is 0.293 e. The average Bonchev–Trinajstić information content (AvgIpc) is 2.36. The van der Waals surface area contributed by atoms with Gasteiger partial charge in [0.15, 0.2) is 0 Å². The quantitative estimate of drug-likeness (QED) is 0.477. The summed E-state index contributed by atoms with van der Waals surface area (Å²) in [5.41, 5.74) is 1.13. The van der Waals surface area contributed by atoms with Crippen LogP contribution < -0.4 is 4.90 Å². The fourth-order valence-corrected chi connectivity index (χ4v) is 2.66. The Bertz CT molecular complexity index is 511. The Hall–Kier alpha value is -1.91. The van der Waals surface area contributed by atoms with Crippen LogP contribution in [0.25, 0.3) is 0 Å². The van der Waals surface area contributed by atoms with E-state index in [1.807, 2.05) is 0 Å². The van der Waals surface area contributed by atoms with Crippen molar-refractivity contribution in [2.24, 2.45) is 5.41 Å². The van der Waals surface area contributed by atoms with Gasteiger partial charge < -0.3 is 4.90 Å². The molecule has 1 saturated heterocycles. The summed E-state index contributed by atoms with van der Waals surface area (Å²) in [6.07, 6.45) is 2.79. The van der Waals surface area contributed by atoms with Gasteiger partial charge >= 0.3 is 0 Å². The average molecular weight is 262 g/mol. The fourth-order valence-electron chi connectivity index (χ4n) is 2.66. The monoisotopic (exact) mass is 262 g/mol. The van der Waals surface area contributed by atoms with E-state index >= 15 is 0 Å². The van der Waals surface area contributed by atoms with Crippen molar-refractivity contribution < 1.29 is 9.72 Å². The molecule has 0 unspecified atom stereocenters. The van der Waals surface area contributed by atoms with Crippen LogP contribution in [0.4, 0.5) is 11.4 Å². The first-order valence-corrected chi connectivity index (χ1v) is 6.41. The Kier molecular flexibility index (Phi) is 3.55. The SMILES string of the molecule is CC1(C)CCCN(c2ccc(C=O)cc2[N+](=O)[O-])C1. The van der Waals surface area contributed by atoms with Crippen LogP contribution in [-0.2, 0) is 0 Å². The van der Waals surface area contributed by atoms with Crippen LogP contribution in [0.1, 0.15) is 37.0 Å². The largest absolute Gasteiger partial charge is 0.365 e. The van der Waals surface area contributed by atoms with Gasteiger partial charge in [-0.1, -0.05) is 13.8 Å². The minimum atomic E-state index is -0.413. The zero-order chi connectivity index (χ0) is 14.0. The van der Waals surface area contributed by atoms with Crippen molar-refractivity contribution >= 4 is 17.7 Å². The molecule has 5 nitrogen and oxygen atoms in total. The van der Waals surface area contributed by atoms with Gasteiger partial charge in [-0.05, 0) is 30.4 Å². The predicted octanol–water partition coefficient (Wildman–Crippen LogP) is 3.03. The van der Waals surface area contributed by atoms with Gasteiger partial charge in [-0.3, -0.25) is 14.9 Å².